The fourth-order valence-electron chi connectivity index (χ4n) is 2.92. The first-order chi connectivity index (χ1) is 11.1. The summed E-state index contributed by atoms with van der Waals surface area (Å²) in [4.78, 5) is 8.91. The average molecular weight is 455 g/mol. The van der Waals surface area contributed by atoms with Crippen molar-refractivity contribution in [1.82, 2.24) is 18.5 Å². The number of hydrogen-bond acceptors (Lipinski definition) is 3. The molecule has 0 radical (unpaired) electrons. The SMILES string of the molecule is Cc1ccc2c(c1)c(-c1nc(Cl)nc3c1ccn3SI)cn2C. The van der Waals surface area contributed by atoms with E-state index in [1.807, 2.05) is 23.3 Å². The lowest BCUT2D eigenvalue weighted by molar-refractivity contribution is 0.969. The van der Waals surface area contributed by atoms with E-state index in [-0.39, 0.29) is 5.28 Å². The summed E-state index contributed by atoms with van der Waals surface area (Å²) in [6.07, 6.45) is 4.10. The van der Waals surface area contributed by atoms with Gasteiger partial charge in [-0.3, -0.25) is 3.97 Å². The molecule has 0 aliphatic carbocycles. The number of benzene rings is 1. The van der Waals surface area contributed by atoms with Crippen molar-refractivity contribution in [3.05, 3.63) is 47.5 Å². The van der Waals surface area contributed by atoms with Crippen LogP contribution in [0.2, 0.25) is 5.28 Å². The number of halogens is 2. The number of nitrogens with zero attached hydrogens (tertiary/aromatic N) is 4. The van der Waals surface area contributed by atoms with Gasteiger partial charge in [-0.15, -0.1) is 0 Å². The van der Waals surface area contributed by atoms with Crippen LogP contribution < -0.4 is 0 Å². The van der Waals surface area contributed by atoms with E-state index in [4.69, 9.17) is 11.6 Å². The smallest absolute Gasteiger partial charge is 0.224 e. The van der Waals surface area contributed by atoms with Gasteiger partial charge in [0.25, 0.3) is 0 Å². The fraction of sp³-hybridized carbons (Fsp3) is 0.125. The largest absolute Gasteiger partial charge is 0.350 e. The van der Waals surface area contributed by atoms with Gasteiger partial charge in [-0.05, 0) is 36.7 Å². The van der Waals surface area contributed by atoms with Crippen molar-refractivity contribution in [2.45, 2.75) is 6.92 Å². The number of aromatic nitrogens is 4. The summed E-state index contributed by atoms with van der Waals surface area (Å²) in [6, 6.07) is 8.50. The topological polar surface area (TPSA) is 35.6 Å². The maximum Gasteiger partial charge on any atom is 0.224 e. The Morgan fingerprint density at radius 1 is 1.17 bits per heavy atom. The van der Waals surface area contributed by atoms with Gasteiger partial charge >= 0.3 is 0 Å². The van der Waals surface area contributed by atoms with E-state index >= 15 is 0 Å². The van der Waals surface area contributed by atoms with E-state index in [2.05, 4.69) is 67.1 Å². The second-order valence-corrected chi connectivity index (χ2v) is 7.51. The minimum atomic E-state index is 0.266. The zero-order valence-corrected chi connectivity index (χ0v) is 16.1. The van der Waals surface area contributed by atoms with Gasteiger partial charge in [0.05, 0.1) is 5.69 Å². The van der Waals surface area contributed by atoms with Gasteiger partial charge in [-0.25, -0.2) is 4.98 Å². The second kappa shape index (κ2) is 5.68. The van der Waals surface area contributed by atoms with Crippen LogP contribution in [-0.2, 0) is 7.05 Å². The van der Waals surface area contributed by atoms with Crippen LogP contribution in [0.25, 0.3) is 33.2 Å². The maximum atomic E-state index is 6.19. The third kappa shape index (κ3) is 2.43. The average Bonchev–Trinajstić information content (AvgIpc) is 3.07. The standard InChI is InChI=1S/C16H12ClIN4S/c1-9-3-4-13-11(7-9)12(8-21(13)2)14-10-5-6-22(23-18)15(10)20-16(17)19-14/h3-8H,1-2H3. The number of fused-ring (bicyclic) bond motifs is 2. The lowest BCUT2D eigenvalue weighted by Crippen LogP contribution is -1.92. The summed E-state index contributed by atoms with van der Waals surface area (Å²) in [5.74, 6) is 0. The zero-order valence-electron chi connectivity index (χ0n) is 12.4. The molecule has 0 fully saturated rings. The molecule has 0 aliphatic rings. The Bertz CT molecular complexity index is 1050. The number of aryl methyl sites for hydroxylation is 2. The molecule has 4 nitrogen and oxygen atoms in total. The van der Waals surface area contributed by atoms with Crippen LogP contribution in [-0.4, -0.2) is 18.5 Å². The molecule has 0 saturated carbocycles. The van der Waals surface area contributed by atoms with E-state index in [9.17, 15) is 0 Å². The summed E-state index contributed by atoms with van der Waals surface area (Å²) in [5, 5.41) is 2.45. The molecule has 116 valence electrons. The first-order valence-corrected chi connectivity index (χ1v) is 10.7. The molecule has 3 aromatic heterocycles. The molecular formula is C16H12ClIN4S. The van der Waals surface area contributed by atoms with Crippen LogP contribution in [0.1, 0.15) is 5.56 Å². The summed E-state index contributed by atoms with van der Waals surface area (Å²) in [7, 11) is 3.61. The summed E-state index contributed by atoms with van der Waals surface area (Å²) in [6.45, 7) is 2.10. The van der Waals surface area contributed by atoms with Crippen molar-refractivity contribution in [3.63, 3.8) is 0 Å². The van der Waals surface area contributed by atoms with Gasteiger partial charge in [-0.1, -0.05) is 11.6 Å². The highest BCUT2D eigenvalue weighted by molar-refractivity contribution is 14.2. The van der Waals surface area contributed by atoms with Crippen molar-refractivity contribution < 1.29 is 0 Å². The molecule has 1 aromatic carbocycles. The molecule has 0 amide bonds. The predicted octanol–water partition coefficient (Wildman–Crippen LogP) is 5.40. The molecule has 0 N–H and O–H groups in total. The normalized spacial score (nSPS) is 11.7. The monoisotopic (exact) mass is 454 g/mol. The van der Waals surface area contributed by atoms with Crippen LogP contribution in [0.3, 0.4) is 0 Å². The van der Waals surface area contributed by atoms with E-state index in [1.165, 1.54) is 16.5 Å². The summed E-state index contributed by atoms with van der Waals surface area (Å²) >= 11 is 8.43. The molecule has 0 unspecified atom stereocenters. The van der Waals surface area contributed by atoms with E-state index in [1.54, 1.807) is 9.12 Å². The van der Waals surface area contributed by atoms with Crippen LogP contribution in [0.15, 0.2) is 36.7 Å². The molecule has 23 heavy (non-hydrogen) atoms. The van der Waals surface area contributed by atoms with E-state index in [0.717, 1.165) is 22.3 Å². The molecule has 4 rings (SSSR count). The van der Waals surface area contributed by atoms with Crippen LogP contribution in [0, 0.1) is 6.92 Å². The maximum absolute atomic E-state index is 6.19. The molecule has 0 atom stereocenters. The molecule has 0 bridgehead atoms. The van der Waals surface area contributed by atoms with Crippen molar-refractivity contribution in [2.24, 2.45) is 7.05 Å². The first-order valence-electron chi connectivity index (χ1n) is 6.98. The third-order valence-electron chi connectivity index (χ3n) is 3.96. The van der Waals surface area contributed by atoms with Crippen molar-refractivity contribution in [3.8, 4) is 11.3 Å². The Hall–Kier alpha value is -1.25. The van der Waals surface area contributed by atoms with Gasteiger partial charge in [0.1, 0.15) is 0 Å². The minimum absolute atomic E-state index is 0.266. The number of hydrogen-bond donors (Lipinski definition) is 0. The lowest BCUT2D eigenvalue weighted by atomic mass is 10.1. The van der Waals surface area contributed by atoms with Gasteiger partial charge in [0.15, 0.2) is 5.65 Å². The van der Waals surface area contributed by atoms with Crippen molar-refractivity contribution in [1.29, 1.82) is 0 Å². The molecule has 0 aliphatic heterocycles. The zero-order chi connectivity index (χ0) is 16.1. The first kappa shape index (κ1) is 15.3. The highest BCUT2D eigenvalue weighted by atomic mass is 127. The van der Waals surface area contributed by atoms with Gasteiger partial charge in [0, 0.05) is 71.6 Å². The van der Waals surface area contributed by atoms with Crippen molar-refractivity contribution >= 4 is 63.9 Å². The molecule has 3 heterocycles. The third-order valence-corrected chi connectivity index (χ3v) is 5.84. The fourth-order valence-corrected chi connectivity index (χ4v) is 4.35. The van der Waals surface area contributed by atoms with Gasteiger partial charge in [-0.2, -0.15) is 4.98 Å². The highest BCUT2D eigenvalue weighted by Gasteiger charge is 2.17. The van der Waals surface area contributed by atoms with Gasteiger partial charge < -0.3 is 4.57 Å². The predicted molar refractivity (Wildman–Crippen MR) is 106 cm³/mol. The molecule has 0 spiro atoms. The van der Waals surface area contributed by atoms with Gasteiger partial charge in [0.2, 0.25) is 5.28 Å². The molecular weight excluding hydrogens is 443 g/mol. The second-order valence-electron chi connectivity index (χ2n) is 5.46. The van der Waals surface area contributed by atoms with Crippen LogP contribution >= 0.6 is 41.9 Å². The Morgan fingerprint density at radius 2 is 2.00 bits per heavy atom. The molecule has 0 saturated heterocycles. The summed E-state index contributed by atoms with van der Waals surface area (Å²) < 4.78 is 4.11. The Labute approximate surface area is 154 Å². The van der Waals surface area contributed by atoms with Crippen molar-refractivity contribution in [2.75, 3.05) is 0 Å². The van der Waals surface area contributed by atoms with E-state index < -0.39 is 0 Å². The number of rotatable bonds is 2. The quantitative estimate of drug-likeness (QED) is 0.301. The Kier molecular flexibility index (Phi) is 3.78. The minimum Gasteiger partial charge on any atom is -0.350 e. The van der Waals surface area contributed by atoms with Crippen LogP contribution in [0.5, 0.6) is 0 Å². The lowest BCUT2D eigenvalue weighted by Gasteiger charge is -2.04. The van der Waals surface area contributed by atoms with Crippen LogP contribution in [0.4, 0.5) is 0 Å². The highest BCUT2D eigenvalue weighted by Crippen LogP contribution is 2.36. The molecule has 7 heteroatoms. The molecule has 4 aromatic rings. The summed E-state index contributed by atoms with van der Waals surface area (Å²) in [5.41, 5.74) is 5.19. The van der Waals surface area contributed by atoms with E-state index in [0.29, 0.717) is 0 Å². The Morgan fingerprint density at radius 3 is 2.78 bits per heavy atom. The Balaban J connectivity index is 2.10.